The van der Waals surface area contributed by atoms with E-state index in [0.717, 1.165) is 25.7 Å². The van der Waals surface area contributed by atoms with Crippen LogP contribution >= 0.6 is 0 Å². The molecule has 0 aromatic heterocycles. The van der Waals surface area contributed by atoms with Crippen molar-refractivity contribution in [3.8, 4) is 0 Å². The number of aliphatic hydroxyl groups excluding tert-OH is 1. The lowest BCUT2D eigenvalue weighted by Crippen LogP contribution is -2.27. The molecule has 2 N–H and O–H groups in total. The van der Waals surface area contributed by atoms with Crippen LogP contribution in [0.5, 0.6) is 0 Å². The fourth-order valence-corrected chi connectivity index (χ4v) is 2.52. The third-order valence-electron chi connectivity index (χ3n) is 3.41. The highest BCUT2D eigenvalue weighted by molar-refractivity contribution is 5.56. The molecule has 0 bridgehead atoms. The maximum Gasteiger partial charge on any atom is 0.505 e. The molecule has 0 radical (unpaired) electrons. The van der Waals surface area contributed by atoms with Crippen molar-refractivity contribution in [2.45, 2.75) is 44.9 Å². The van der Waals surface area contributed by atoms with Crippen LogP contribution in [-0.4, -0.2) is 29.6 Å². The number of carboxylic acid groups (broad SMARTS) is 1. The van der Waals surface area contributed by atoms with Gasteiger partial charge in [-0.2, -0.15) is 0 Å². The molecule has 4 nitrogen and oxygen atoms in total. The first-order valence-electron chi connectivity index (χ1n) is 5.65. The van der Waals surface area contributed by atoms with E-state index in [0.29, 0.717) is 0 Å². The third kappa shape index (κ3) is 4.08. The molecule has 1 saturated carbocycles. The first-order chi connectivity index (χ1) is 7.18. The molecule has 4 heteroatoms. The van der Waals surface area contributed by atoms with Gasteiger partial charge in [-0.15, -0.1) is 0 Å². The van der Waals surface area contributed by atoms with Crippen LogP contribution < -0.4 is 0 Å². The van der Waals surface area contributed by atoms with E-state index < -0.39 is 6.16 Å². The smallest absolute Gasteiger partial charge is 0.450 e. The highest BCUT2D eigenvalue weighted by Gasteiger charge is 2.31. The molecule has 0 amide bonds. The van der Waals surface area contributed by atoms with Crippen molar-refractivity contribution in [2.75, 3.05) is 13.2 Å². The van der Waals surface area contributed by atoms with E-state index in [9.17, 15) is 4.79 Å². The Kier molecular flexibility index (Phi) is 4.88. The Morgan fingerprint density at radius 3 is 2.40 bits per heavy atom. The Morgan fingerprint density at radius 2 is 1.87 bits per heavy atom. The van der Waals surface area contributed by atoms with Crippen molar-refractivity contribution >= 4 is 6.16 Å². The Bertz CT molecular complexity index is 191. The third-order valence-corrected chi connectivity index (χ3v) is 3.41. The highest BCUT2D eigenvalue weighted by atomic mass is 16.7. The van der Waals surface area contributed by atoms with Crippen LogP contribution in [-0.2, 0) is 4.74 Å². The van der Waals surface area contributed by atoms with Gasteiger partial charge in [-0.1, -0.05) is 19.3 Å². The zero-order chi connectivity index (χ0) is 11.1. The second kappa shape index (κ2) is 5.95. The van der Waals surface area contributed by atoms with E-state index in [1.165, 1.54) is 19.3 Å². The van der Waals surface area contributed by atoms with Crippen LogP contribution in [0, 0.1) is 5.41 Å². The quantitative estimate of drug-likeness (QED) is 0.692. The fraction of sp³-hybridized carbons (Fsp3) is 0.909. The molecule has 0 unspecified atom stereocenters. The molecule has 0 heterocycles. The average Bonchev–Trinajstić information content (AvgIpc) is 2.19. The number of carbonyl (C=O) groups is 1. The number of hydrogen-bond donors (Lipinski definition) is 2. The predicted molar refractivity (Wildman–Crippen MR) is 55.8 cm³/mol. The number of rotatable bonds is 5. The minimum atomic E-state index is -1.20. The maximum absolute atomic E-state index is 10.2. The molecule has 1 aliphatic carbocycles. The first kappa shape index (κ1) is 12.3. The fourth-order valence-electron chi connectivity index (χ4n) is 2.52. The van der Waals surface area contributed by atoms with Crippen LogP contribution in [0.25, 0.3) is 0 Å². The molecule has 15 heavy (non-hydrogen) atoms. The molecule has 1 rings (SSSR count). The largest absolute Gasteiger partial charge is 0.505 e. The Morgan fingerprint density at radius 1 is 1.20 bits per heavy atom. The predicted octanol–water partition coefficient (Wildman–Crippen LogP) is 2.40. The minimum Gasteiger partial charge on any atom is -0.450 e. The summed E-state index contributed by atoms with van der Waals surface area (Å²) >= 11 is 0. The monoisotopic (exact) mass is 216 g/mol. The van der Waals surface area contributed by atoms with E-state index in [4.69, 9.17) is 10.2 Å². The van der Waals surface area contributed by atoms with Crippen molar-refractivity contribution in [1.29, 1.82) is 0 Å². The van der Waals surface area contributed by atoms with Crippen LogP contribution in [0.1, 0.15) is 44.9 Å². The van der Waals surface area contributed by atoms with Crippen LogP contribution in [0.2, 0.25) is 0 Å². The van der Waals surface area contributed by atoms with Crippen LogP contribution in [0.4, 0.5) is 4.79 Å². The molecule has 1 aliphatic rings. The van der Waals surface area contributed by atoms with Crippen molar-refractivity contribution in [2.24, 2.45) is 5.41 Å². The zero-order valence-electron chi connectivity index (χ0n) is 9.07. The van der Waals surface area contributed by atoms with Gasteiger partial charge in [0.15, 0.2) is 0 Å². The summed E-state index contributed by atoms with van der Waals surface area (Å²) in [6.45, 7) is 0.447. The summed E-state index contributed by atoms with van der Waals surface area (Å²) in [4.78, 5) is 10.2. The van der Waals surface area contributed by atoms with E-state index >= 15 is 0 Å². The lowest BCUT2D eigenvalue weighted by Gasteiger charge is -2.36. The Hall–Kier alpha value is -0.770. The Labute approximate surface area is 90.2 Å². The van der Waals surface area contributed by atoms with Crippen molar-refractivity contribution in [3.63, 3.8) is 0 Å². The number of hydrogen-bond acceptors (Lipinski definition) is 3. The summed E-state index contributed by atoms with van der Waals surface area (Å²) < 4.78 is 4.55. The van der Waals surface area contributed by atoms with Crippen molar-refractivity contribution in [1.82, 2.24) is 0 Å². The van der Waals surface area contributed by atoms with E-state index in [1.807, 2.05) is 0 Å². The molecule has 0 aliphatic heterocycles. The summed E-state index contributed by atoms with van der Waals surface area (Å²) in [6.07, 6.45) is 6.14. The van der Waals surface area contributed by atoms with E-state index in [1.54, 1.807) is 0 Å². The average molecular weight is 216 g/mol. The van der Waals surface area contributed by atoms with Gasteiger partial charge in [-0.3, -0.25) is 0 Å². The first-order valence-corrected chi connectivity index (χ1v) is 5.65. The van der Waals surface area contributed by atoms with Gasteiger partial charge in [0.25, 0.3) is 0 Å². The summed E-state index contributed by atoms with van der Waals surface area (Å²) in [7, 11) is 0. The molecule has 88 valence electrons. The normalized spacial score (nSPS) is 19.8. The molecule has 0 aromatic rings. The van der Waals surface area contributed by atoms with Crippen molar-refractivity contribution in [3.05, 3.63) is 0 Å². The standard InChI is InChI=1S/C11H20O4/c12-8-6-11(4-2-1-3-5-11)7-9-15-10(13)14/h12H,1-9H2,(H,13,14). The zero-order valence-corrected chi connectivity index (χ0v) is 9.07. The molecule has 0 aromatic carbocycles. The van der Waals surface area contributed by atoms with Gasteiger partial charge in [-0.25, -0.2) is 4.79 Å². The lowest BCUT2D eigenvalue weighted by atomic mass is 9.70. The summed E-state index contributed by atoms with van der Waals surface area (Å²) in [5.74, 6) is 0. The molecule has 0 saturated heterocycles. The van der Waals surface area contributed by atoms with E-state index in [-0.39, 0.29) is 18.6 Å². The second-order valence-electron chi connectivity index (χ2n) is 4.40. The van der Waals surface area contributed by atoms with Gasteiger partial charge in [-0.05, 0) is 31.1 Å². The minimum absolute atomic E-state index is 0.127. The molecule has 1 fully saturated rings. The molecule has 0 spiro atoms. The summed E-state index contributed by atoms with van der Waals surface area (Å²) in [5, 5.41) is 17.4. The van der Waals surface area contributed by atoms with Crippen LogP contribution in [0.3, 0.4) is 0 Å². The second-order valence-corrected chi connectivity index (χ2v) is 4.40. The van der Waals surface area contributed by atoms with Gasteiger partial charge < -0.3 is 14.9 Å². The molecular formula is C11H20O4. The Balaban J connectivity index is 2.37. The summed E-state index contributed by atoms with van der Waals surface area (Å²) in [5.41, 5.74) is 0.127. The summed E-state index contributed by atoms with van der Waals surface area (Å²) in [6, 6.07) is 0. The highest BCUT2D eigenvalue weighted by Crippen LogP contribution is 2.41. The number of ether oxygens (including phenoxy) is 1. The van der Waals surface area contributed by atoms with E-state index in [2.05, 4.69) is 4.74 Å². The lowest BCUT2D eigenvalue weighted by molar-refractivity contribution is 0.0549. The van der Waals surface area contributed by atoms with Crippen molar-refractivity contribution < 1.29 is 19.7 Å². The topological polar surface area (TPSA) is 66.8 Å². The van der Waals surface area contributed by atoms with Gasteiger partial charge in [0.1, 0.15) is 0 Å². The molecule has 0 atom stereocenters. The van der Waals surface area contributed by atoms with Gasteiger partial charge in [0.05, 0.1) is 6.61 Å². The van der Waals surface area contributed by atoms with Gasteiger partial charge in [0, 0.05) is 6.61 Å². The molecular weight excluding hydrogens is 196 g/mol. The maximum atomic E-state index is 10.2. The SMILES string of the molecule is O=C(O)OCCC1(CCO)CCCCC1. The van der Waals surface area contributed by atoms with Gasteiger partial charge >= 0.3 is 6.16 Å². The number of aliphatic hydroxyl groups is 1. The van der Waals surface area contributed by atoms with Gasteiger partial charge in [0.2, 0.25) is 0 Å². The van der Waals surface area contributed by atoms with Crippen LogP contribution in [0.15, 0.2) is 0 Å².